The van der Waals surface area contributed by atoms with E-state index in [1.54, 1.807) is 13.0 Å². The molecule has 1 aromatic rings. The monoisotopic (exact) mass is 194 g/mol. The van der Waals surface area contributed by atoms with Crippen LogP contribution in [0.3, 0.4) is 0 Å². The summed E-state index contributed by atoms with van der Waals surface area (Å²) in [5.41, 5.74) is 0.118. The van der Waals surface area contributed by atoms with Crippen molar-refractivity contribution in [2.24, 2.45) is 0 Å². The minimum absolute atomic E-state index is 0.0362. The molecule has 0 saturated heterocycles. The molecule has 0 amide bonds. The molecule has 14 heavy (non-hydrogen) atoms. The number of hydrogen-bond acceptors (Lipinski definition) is 3. The van der Waals surface area contributed by atoms with Gasteiger partial charge in [0.25, 0.3) is 0 Å². The molecular weight excluding hydrogens is 184 g/mol. The first kappa shape index (κ1) is 10.2. The Morgan fingerprint density at radius 3 is 2.79 bits per heavy atom. The van der Waals surface area contributed by atoms with Crippen LogP contribution in [0.25, 0.3) is 0 Å². The minimum atomic E-state index is -1.13. The smallest absolute Gasteiger partial charge is 0.336 e. The zero-order valence-corrected chi connectivity index (χ0v) is 7.69. The van der Waals surface area contributed by atoms with Gasteiger partial charge in [0.05, 0.1) is 12.2 Å². The standard InChI is InChI=1S/C10H10O4/c1-2-14-8-4-3-7(6-11)9(5-8)10(12)13/h3-6H,2H2,1H3,(H,12,13). The molecule has 0 aliphatic rings. The molecular formula is C10H10O4. The summed E-state index contributed by atoms with van der Waals surface area (Å²) in [5, 5.41) is 8.77. The van der Waals surface area contributed by atoms with Gasteiger partial charge in [-0.05, 0) is 25.1 Å². The first-order valence-corrected chi connectivity index (χ1v) is 4.14. The van der Waals surface area contributed by atoms with Gasteiger partial charge in [0, 0.05) is 5.56 Å². The van der Waals surface area contributed by atoms with E-state index in [4.69, 9.17) is 9.84 Å². The van der Waals surface area contributed by atoms with Crippen LogP contribution in [-0.2, 0) is 0 Å². The second kappa shape index (κ2) is 4.41. The Morgan fingerprint density at radius 2 is 2.29 bits per heavy atom. The summed E-state index contributed by atoms with van der Waals surface area (Å²) in [6.07, 6.45) is 0.513. The van der Waals surface area contributed by atoms with Gasteiger partial charge < -0.3 is 9.84 Å². The summed E-state index contributed by atoms with van der Waals surface area (Å²) in [7, 11) is 0. The van der Waals surface area contributed by atoms with E-state index in [9.17, 15) is 9.59 Å². The second-order valence-corrected chi connectivity index (χ2v) is 2.61. The Balaban J connectivity index is 3.13. The number of aldehydes is 1. The highest BCUT2D eigenvalue weighted by Crippen LogP contribution is 2.16. The molecule has 1 aromatic carbocycles. The Hall–Kier alpha value is -1.84. The van der Waals surface area contributed by atoms with Crippen LogP contribution < -0.4 is 4.74 Å². The number of rotatable bonds is 4. The summed E-state index contributed by atoms with van der Waals surface area (Å²) in [6, 6.07) is 4.34. The number of aromatic carboxylic acids is 1. The molecule has 0 fully saturated rings. The van der Waals surface area contributed by atoms with E-state index in [2.05, 4.69) is 0 Å². The van der Waals surface area contributed by atoms with E-state index in [0.29, 0.717) is 18.6 Å². The van der Waals surface area contributed by atoms with Crippen molar-refractivity contribution in [1.29, 1.82) is 0 Å². The highest BCUT2D eigenvalue weighted by molar-refractivity contribution is 5.97. The van der Waals surface area contributed by atoms with Crippen molar-refractivity contribution < 1.29 is 19.4 Å². The minimum Gasteiger partial charge on any atom is -0.494 e. The fourth-order valence-electron chi connectivity index (χ4n) is 1.08. The first-order chi connectivity index (χ1) is 6.69. The van der Waals surface area contributed by atoms with Gasteiger partial charge in [0.15, 0.2) is 6.29 Å². The van der Waals surface area contributed by atoms with E-state index in [1.165, 1.54) is 12.1 Å². The maximum Gasteiger partial charge on any atom is 0.336 e. The average molecular weight is 194 g/mol. The predicted octanol–water partition coefficient (Wildman–Crippen LogP) is 1.60. The molecule has 4 nitrogen and oxygen atoms in total. The van der Waals surface area contributed by atoms with Gasteiger partial charge in [0.1, 0.15) is 5.75 Å². The molecule has 0 spiro atoms. The van der Waals surface area contributed by atoms with E-state index in [0.717, 1.165) is 0 Å². The van der Waals surface area contributed by atoms with Crippen LogP contribution in [0, 0.1) is 0 Å². The molecule has 0 radical (unpaired) electrons. The van der Waals surface area contributed by atoms with Crippen LogP contribution in [0.1, 0.15) is 27.6 Å². The summed E-state index contributed by atoms with van der Waals surface area (Å²) in [5.74, 6) is -0.677. The number of ether oxygens (including phenoxy) is 1. The zero-order valence-electron chi connectivity index (χ0n) is 7.69. The molecule has 74 valence electrons. The molecule has 1 N–H and O–H groups in total. The molecule has 0 aliphatic heterocycles. The summed E-state index contributed by atoms with van der Waals surface area (Å²) >= 11 is 0. The summed E-state index contributed by atoms with van der Waals surface area (Å²) in [4.78, 5) is 21.2. The molecule has 0 aromatic heterocycles. The predicted molar refractivity (Wildman–Crippen MR) is 50.0 cm³/mol. The fourth-order valence-corrected chi connectivity index (χ4v) is 1.08. The Bertz CT molecular complexity index is 357. The third-order valence-electron chi connectivity index (χ3n) is 1.69. The SMILES string of the molecule is CCOc1ccc(C=O)c(C(=O)O)c1. The molecule has 0 saturated carbocycles. The zero-order chi connectivity index (χ0) is 10.6. The molecule has 1 rings (SSSR count). The van der Waals surface area contributed by atoms with Crippen molar-refractivity contribution in [1.82, 2.24) is 0 Å². The molecule has 4 heteroatoms. The maximum absolute atomic E-state index is 10.7. The highest BCUT2D eigenvalue weighted by Gasteiger charge is 2.10. The topological polar surface area (TPSA) is 63.6 Å². The largest absolute Gasteiger partial charge is 0.494 e. The van der Waals surface area contributed by atoms with Gasteiger partial charge in [0.2, 0.25) is 0 Å². The van der Waals surface area contributed by atoms with E-state index < -0.39 is 5.97 Å². The van der Waals surface area contributed by atoms with Gasteiger partial charge in [-0.15, -0.1) is 0 Å². The van der Waals surface area contributed by atoms with Crippen LogP contribution in [0.2, 0.25) is 0 Å². The Labute approximate surface area is 81.1 Å². The average Bonchev–Trinajstić information content (AvgIpc) is 2.18. The van der Waals surface area contributed by atoms with Crippen LogP contribution in [0.5, 0.6) is 5.75 Å². The normalized spacial score (nSPS) is 9.50. The van der Waals surface area contributed by atoms with Crippen molar-refractivity contribution in [2.45, 2.75) is 6.92 Å². The lowest BCUT2D eigenvalue weighted by Gasteiger charge is -2.05. The van der Waals surface area contributed by atoms with Crippen LogP contribution in [0.4, 0.5) is 0 Å². The van der Waals surface area contributed by atoms with Crippen molar-refractivity contribution in [2.75, 3.05) is 6.61 Å². The number of carboxylic acids is 1. The van der Waals surface area contributed by atoms with Crippen LogP contribution >= 0.6 is 0 Å². The van der Waals surface area contributed by atoms with E-state index in [-0.39, 0.29) is 11.1 Å². The van der Waals surface area contributed by atoms with Crippen molar-refractivity contribution >= 4 is 12.3 Å². The van der Waals surface area contributed by atoms with Gasteiger partial charge >= 0.3 is 5.97 Å². The van der Waals surface area contributed by atoms with Crippen molar-refractivity contribution in [3.63, 3.8) is 0 Å². The van der Waals surface area contributed by atoms with Gasteiger partial charge in [-0.2, -0.15) is 0 Å². The fraction of sp³-hybridized carbons (Fsp3) is 0.200. The quantitative estimate of drug-likeness (QED) is 0.739. The van der Waals surface area contributed by atoms with Crippen molar-refractivity contribution in [3.05, 3.63) is 29.3 Å². The van der Waals surface area contributed by atoms with Crippen LogP contribution in [0.15, 0.2) is 18.2 Å². The lowest BCUT2D eigenvalue weighted by atomic mass is 10.1. The lowest BCUT2D eigenvalue weighted by molar-refractivity contribution is 0.0693. The van der Waals surface area contributed by atoms with Crippen LogP contribution in [-0.4, -0.2) is 24.0 Å². The maximum atomic E-state index is 10.7. The number of carbonyl (C=O) groups is 2. The molecule has 0 bridgehead atoms. The third kappa shape index (κ3) is 2.10. The molecule has 0 atom stereocenters. The van der Waals surface area contributed by atoms with Gasteiger partial charge in [-0.3, -0.25) is 4.79 Å². The summed E-state index contributed by atoms with van der Waals surface area (Å²) in [6.45, 7) is 2.26. The summed E-state index contributed by atoms with van der Waals surface area (Å²) < 4.78 is 5.12. The van der Waals surface area contributed by atoms with E-state index >= 15 is 0 Å². The molecule has 0 aliphatic carbocycles. The lowest BCUT2D eigenvalue weighted by Crippen LogP contribution is -2.03. The van der Waals surface area contributed by atoms with E-state index in [1.807, 2.05) is 0 Å². The Morgan fingerprint density at radius 1 is 1.57 bits per heavy atom. The Kier molecular flexibility index (Phi) is 3.23. The molecule has 0 heterocycles. The van der Waals surface area contributed by atoms with Gasteiger partial charge in [-0.25, -0.2) is 4.79 Å². The highest BCUT2D eigenvalue weighted by atomic mass is 16.5. The number of hydrogen-bond donors (Lipinski definition) is 1. The molecule has 0 unspecified atom stereocenters. The second-order valence-electron chi connectivity index (χ2n) is 2.61. The number of carboxylic acid groups (broad SMARTS) is 1. The number of carbonyl (C=O) groups excluding carboxylic acids is 1. The van der Waals surface area contributed by atoms with Gasteiger partial charge in [-0.1, -0.05) is 0 Å². The third-order valence-corrected chi connectivity index (χ3v) is 1.69. The number of benzene rings is 1. The first-order valence-electron chi connectivity index (χ1n) is 4.14. The van der Waals surface area contributed by atoms with Crippen molar-refractivity contribution in [3.8, 4) is 5.75 Å².